The summed E-state index contributed by atoms with van der Waals surface area (Å²) >= 11 is 0. The maximum absolute atomic E-state index is 13.6. The van der Waals surface area contributed by atoms with Gasteiger partial charge in [0.1, 0.15) is 11.6 Å². The number of nitrogens with zero attached hydrogens (tertiary/aromatic N) is 3. The van der Waals surface area contributed by atoms with Gasteiger partial charge in [-0.1, -0.05) is 11.2 Å². The average Bonchev–Trinajstić information content (AvgIpc) is 2.40. The molecule has 0 N–H and O–H groups in total. The highest BCUT2D eigenvalue weighted by Crippen LogP contribution is 2.26. The molecule has 2 rings (SSSR count). The fourth-order valence-corrected chi connectivity index (χ4v) is 2.56. The van der Waals surface area contributed by atoms with Crippen LogP contribution in [0, 0.1) is 11.6 Å². The minimum absolute atomic E-state index is 0.0550. The molecule has 1 fully saturated rings. The molecular weight excluding hydrogens is 280 g/mol. The van der Waals surface area contributed by atoms with E-state index in [2.05, 4.69) is 10.0 Å². The Balaban J connectivity index is 2.11. The second kappa shape index (κ2) is 6.85. The van der Waals surface area contributed by atoms with E-state index in [4.69, 9.17) is 15.0 Å². The zero-order chi connectivity index (χ0) is 15.4. The lowest BCUT2D eigenvalue weighted by atomic mass is 9.97. The van der Waals surface area contributed by atoms with Gasteiger partial charge in [0.05, 0.1) is 31.0 Å². The first-order valence-electron chi connectivity index (χ1n) is 6.77. The SMILES string of the molecule is CC1CC(N=[N+]=[N-])C(OCc2c(F)cccc2F)C(C)O1. The molecule has 21 heavy (non-hydrogen) atoms. The number of ether oxygens (including phenoxy) is 2. The molecule has 0 bridgehead atoms. The smallest absolute Gasteiger partial charge is 0.131 e. The molecule has 1 heterocycles. The Morgan fingerprint density at radius 2 is 2.05 bits per heavy atom. The summed E-state index contributed by atoms with van der Waals surface area (Å²) in [5, 5.41) is 3.71. The highest BCUT2D eigenvalue weighted by molar-refractivity contribution is 5.18. The summed E-state index contributed by atoms with van der Waals surface area (Å²) < 4.78 is 38.4. The van der Waals surface area contributed by atoms with Gasteiger partial charge in [-0.25, -0.2) is 8.78 Å². The van der Waals surface area contributed by atoms with Crippen LogP contribution in [0.4, 0.5) is 8.78 Å². The number of benzene rings is 1. The van der Waals surface area contributed by atoms with Crippen molar-refractivity contribution in [1.29, 1.82) is 0 Å². The van der Waals surface area contributed by atoms with E-state index < -0.39 is 23.8 Å². The van der Waals surface area contributed by atoms with Crippen LogP contribution in [0.25, 0.3) is 10.4 Å². The Hall–Kier alpha value is -1.69. The first-order chi connectivity index (χ1) is 10.0. The van der Waals surface area contributed by atoms with Crippen LogP contribution >= 0.6 is 0 Å². The van der Waals surface area contributed by atoms with Crippen molar-refractivity contribution in [3.8, 4) is 0 Å². The number of hydrogen-bond acceptors (Lipinski definition) is 3. The molecule has 114 valence electrons. The average molecular weight is 297 g/mol. The van der Waals surface area contributed by atoms with E-state index in [1.54, 1.807) is 6.92 Å². The van der Waals surface area contributed by atoms with E-state index in [-0.39, 0.29) is 24.4 Å². The molecule has 1 aliphatic heterocycles. The molecule has 5 nitrogen and oxygen atoms in total. The molecule has 0 aromatic heterocycles. The van der Waals surface area contributed by atoms with Crippen LogP contribution in [-0.2, 0) is 16.1 Å². The van der Waals surface area contributed by atoms with Crippen molar-refractivity contribution in [2.24, 2.45) is 5.11 Å². The van der Waals surface area contributed by atoms with Gasteiger partial charge >= 0.3 is 0 Å². The molecule has 4 atom stereocenters. The summed E-state index contributed by atoms with van der Waals surface area (Å²) in [6.45, 7) is 3.43. The van der Waals surface area contributed by atoms with Crippen LogP contribution in [-0.4, -0.2) is 24.4 Å². The van der Waals surface area contributed by atoms with E-state index in [1.165, 1.54) is 18.2 Å². The molecular formula is C14H17F2N3O2. The van der Waals surface area contributed by atoms with E-state index in [1.807, 2.05) is 6.92 Å². The first kappa shape index (κ1) is 15.7. The Bertz CT molecular complexity index is 529. The summed E-state index contributed by atoms with van der Waals surface area (Å²) in [4.78, 5) is 2.81. The van der Waals surface area contributed by atoms with Crippen molar-refractivity contribution in [2.75, 3.05) is 0 Å². The summed E-state index contributed by atoms with van der Waals surface area (Å²) in [5.41, 5.74) is 8.49. The fraction of sp³-hybridized carbons (Fsp3) is 0.571. The number of azide groups is 1. The lowest BCUT2D eigenvalue weighted by Gasteiger charge is -2.37. The summed E-state index contributed by atoms with van der Waals surface area (Å²) in [6.07, 6.45) is -0.394. The normalized spacial score (nSPS) is 29.0. The van der Waals surface area contributed by atoms with Gasteiger partial charge in [-0.3, -0.25) is 0 Å². The van der Waals surface area contributed by atoms with Crippen LogP contribution in [0.15, 0.2) is 23.3 Å². The monoisotopic (exact) mass is 297 g/mol. The first-order valence-corrected chi connectivity index (χ1v) is 6.77. The molecule has 7 heteroatoms. The lowest BCUT2D eigenvalue weighted by molar-refractivity contribution is -0.140. The van der Waals surface area contributed by atoms with Gasteiger partial charge in [0.2, 0.25) is 0 Å². The minimum Gasteiger partial charge on any atom is -0.373 e. The third kappa shape index (κ3) is 3.69. The number of hydrogen-bond donors (Lipinski definition) is 0. The van der Waals surface area contributed by atoms with Crippen molar-refractivity contribution < 1.29 is 18.3 Å². The van der Waals surface area contributed by atoms with Crippen molar-refractivity contribution in [2.45, 2.75) is 51.2 Å². The van der Waals surface area contributed by atoms with Crippen LogP contribution in [0.2, 0.25) is 0 Å². The molecule has 1 saturated heterocycles. The minimum atomic E-state index is -0.659. The van der Waals surface area contributed by atoms with Crippen molar-refractivity contribution in [1.82, 2.24) is 0 Å². The van der Waals surface area contributed by atoms with Crippen LogP contribution in [0.1, 0.15) is 25.8 Å². The van der Waals surface area contributed by atoms with Crippen molar-refractivity contribution in [3.05, 3.63) is 45.8 Å². The van der Waals surface area contributed by atoms with Gasteiger partial charge in [0.15, 0.2) is 0 Å². The highest BCUT2D eigenvalue weighted by atomic mass is 19.1. The Kier molecular flexibility index (Phi) is 5.12. The van der Waals surface area contributed by atoms with Crippen molar-refractivity contribution in [3.63, 3.8) is 0 Å². The molecule has 0 saturated carbocycles. The number of halogens is 2. The largest absolute Gasteiger partial charge is 0.373 e. The van der Waals surface area contributed by atoms with Crippen molar-refractivity contribution >= 4 is 0 Å². The maximum Gasteiger partial charge on any atom is 0.131 e. The Morgan fingerprint density at radius 3 is 2.67 bits per heavy atom. The topological polar surface area (TPSA) is 67.2 Å². The van der Waals surface area contributed by atoms with Crippen LogP contribution < -0.4 is 0 Å². The maximum atomic E-state index is 13.6. The zero-order valence-electron chi connectivity index (χ0n) is 11.9. The van der Waals surface area contributed by atoms with E-state index in [0.29, 0.717) is 6.42 Å². The lowest BCUT2D eigenvalue weighted by Crippen LogP contribution is -2.46. The summed E-state index contributed by atoms with van der Waals surface area (Å²) in [7, 11) is 0. The highest BCUT2D eigenvalue weighted by Gasteiger charge is 2.35. The molecule has 0 aliphatic carbocycles. The van der Waals surface area contributed by atoms with E-state index in [9.17, 15) is 8.78 Å². The molecule has 1 aromatic carbocycles. The third-order valence-corrected chi connectivity index (χ3v) is 3.54. The predicted molar refractivity (Wildman–Crippen MR) is 72.5 cm³/mol. The second-order valence-corrected chi connectivity index (χ2v) is 5.14. The molecule has 4 unspecified atom stereocenters. The quantitative estimate of drug-likeness (QED) is 0.483. The summed E-state index contributed by atoms with van der Waals surface area (Å²) in [6, 6.07) is 3.24. The Labute approximate surface area is 121 Å². The van der Waals surface area contributed by atoms with Gasteiger partial charge in [-0.2, -0.15) is 0 Å². The van der Waals surface area contributed by atoms with Crippen LogP contribution in [0.5, 0.6) is 0 Å². The molecule has 0 radical (unpaired) electrons. The molecule has 1 aliphatic rings. The van der Waals surface area contributed by atoms with Crippen LogP contribution in [0.3, 0.4) is 0 Å². The Morgan fingerprint density at radius 1 is 1.38 bits per heavy atom. The molecule has 0 amide bonds. The number of rotatable bonds is 4. The summed E-state index contributed by atoms with van der Waals surface area (Å²) in [5.74, 6) is -1.32. The van der Waals surface area contributed by atoms with E-state index in [0.717, 1.165) is 0 Å². The predicted octanol–water partition coefficient (Wildman–Crippen LogP) is 3.73. The molecule has 1 aromatic rings. The fourth-order valence-electron chi connectivity index (χ4n) is 2.56. The van der Waals surface area contributed by atoms with Gasteiger partial charge in [0.25, 0.3) is 0 Å². The van der Waals surface area contributed by atoms with E-state index >= 15 is 0 Å². The standard InChI is InChI=1S/C14H17F2N3O2/c1-8-6-13(18-19-17)14(9(2)21-8)20-7-10-11(15)4-3-5-12(10)16/h3-5,8-9,13-14H,6-7H2,1-2H3. The van der Waals surface area contributed by atoms with Gasteiger partial charge in [0, 0.05) is 10.5 Å². The van der Waals surface area contributed by atoms with Gasteiger partial charge < -0.3 is 9.47 Å². The zero-order valence-corrected chi connectivity index (χ0v) is 11.9. The second-order valence-electron chi connectivity index (χ2n) is 5.14. The van der Waals surface area contributed by atoms with Gasteiger partial charge in [-0.05, 0) is 37.9 Å². The molecule has 0 spiro atoms. The third-order valence-electron chi connectivity index (χ3n) is 3.54. The van der Waals surface area contributed by atoms with Gasteiger partial charge in [-0.15, -0.1) is 0 Å².